The average molecular weight is 322 g/mol. The van der Waals surface area contributed by atoms with Crippen LogP contribution in [0.3, 0.4) is 0 Å². The highest BCUT2D eigenvalue weighted by atomic mass is 16.3. The van der Waals surface area contributed by atoms with Gasteiger partial charge in [0, 0.05) is 37.7 Å². The van der Waals surface area contributed by atoms with Gasteiger partial charge in [-0.15, -0.1) is 0 Å². The fourth-order valence-corrected chi connectivity index (χ4v) is 2.62. The number of benzene rings is 1. The van der Waals surface area contributed by atoms with Crippen LogP contribution in [0.1, 0.15) is 30.6 Å². The molecule has 0 bridgehead atoms. The SMILES string of the molecule is CC(C)C(=O)N1CCCN(C(=O)c2cc(O)c(O)c(O)c2)CC1. The second-order valence-electron chi connectivity index (χ2n) is 5.99. The fraction of sp³-hybridized carbons (Fsp3) is 0.500. The summed E-state index contributed by atoms with van der Waals surface area (Å²) in [7, 11) is 0. The highest BCUT2D eigenvalue weighted by Crippen LogP contribution is 2.35. The van der Waals surface area contributed by atoms with Gasteiger partial charge in [0.15, 0.2) is 17.2 Å². The zero-order valence-electron chi connectivity index (χ0n) is 13.3. The van der Waals surface area contributed by atoms with Crippen molar-refractivity contribution >= 4 is 11.8 Å². The predicted octanol–water partition coefficient (Wildman–Crippen LogP) is 1.13. The molecule has 0 atom stereocenters. The smallest absolute Gasteiger partial charge is 0.254 e. The average Bonchev–Trinajstić information content (AvgIpc) is 2.76. The van der Waals surface area contributed by atoms with Crippen LogP contribution >= 0.6 is 0 Å². The monoisotopic (exact) mass is 322 g/mol. The third-order valence-corrected chi connectivity index (χ3v) is 3.91. The maximum atomic E-state index is 12.5. The van der Waals surface area contributed by atoms with Crippen LogP contribution in [-0.4, -0.2) is 63.1 Å². The molecule has 1 aliphatic rings. The normalized spacial score (nSPS) is 15.6. The van der Waals surface area contributed by atoms with E-state index in [1.54, 1.807) is 9.80 Å². The second-order valence-corrected chi connectivity index (χ2v) is 5.99. The van der Waals surface area contributed by atoms with Gasteiger partial charge in [0.2, 0.25) is 5.91 Å². The minimum atomic E-state index is -0.647. The molecule has 7 heteroatoms. The molecule has 0 aliphatic carbocycles. The van der Waals surface area contributed by atoms with E-state index in [2.05, 4.69) is 0 Å². The summed E-state index contributed by atoms with van der Waals surface area (Å²) in [5.74, 6) is -2.09. The second kappa shape index (κ2) is 6.76. The van der Waals surface area contributed by atoms with E-state index in [4.69, 9.17) is 0 Å². The molecule has 1 aliphatic heterocycles. The van der Waals surface area contributed by atoms with Crippen molar-refractivity contribution in [3.8, 4) is 17.2 Å². The largest absolute Gasteiger partial charge is 0.504 e. The third-order valence-electron chi connectivity index (χ3n) is 3.91. The molecule has 126 valence electrons. The Kier molecular flexibility index (Phi) is 4.98. The Hall–Kier alpha value is -2.44. The Morgan fingerprint density at radius 3 is 2.04 bits per heavy atom. The Bertz CT molecular complexity index is 591. The molecule has 1 aromatic carbocycles. The van der Waals surface area contributed by atoms with Crippen molar-refractivity contribution in [3.63, 3.8) is 0 Å². The highest BCUT2D eigenvalue weighted by molar-refractivity contribution is 5.95. The molecule has 23 heavy (non-hydrogen) atoms. The maximum Gasteiger partial charge on any atom is 0.254 e. The standard InChI is InChI=1S/C16H22N2O5/c1-10(2)15(22)17-4-3-5-18(7-6-17)16(23)11-8-12(19)14(21)13(20)9-11/h8-10,19-21H,3-7H2,1-2H3. The first kappa shape index (κ1) is 16.9. The first-order valence-electron chi connectivity index (χ1n) is 7.64. The molecule has 0 aromatic heterocycles. The van der Waals surface area contributed by atoms with Crippen molar-refractivity contribution in [1.82, 2.24) is 9.80 Å². The molecular weight excluding hydrogens is 300 g/mol. The van der Waals surface area contributed by atoms with Crippen molar-refractivity contribution in [3.05, 3.63) is 17.7 Å². The first-order valence-corrected chi connectivity index (χ1v) is 7.64. The number of rotatable bonds is 2. The molecule has 1 saturated heterocycles. The van der Waals surface area contributed by atoms with Gasteiger partial charge < -0.3 is 25.1 Å². The van der Waals surface area contributed by atoms with E-state index in [-0.39, 0.29) is 23.3 Å². The molecule has 1 heterocycles. The van der Waals surface area contributed by atoms with Crippen LogP contribution < -0.4 is 0 Å². The van der Waals surface area contributed by atoms with Crippen molar-refractivity contribution in [2.45, 2.75) is 20.3 Å². The van der Waals surface area contributed by atoms with Crippen molar-refractivity contribution in [2.24, 2.45) is 5.92 Å². The van der Waals surface area contributed by atoms with E-state index in [0.29, 0.717) is 32.6 Å². The van der Waals surface area contributed by atoms with Gasteiger partial charge >= 0.3 is 0 Å². The number of carbonyl (C=O) groups is 2. The Labute approximate surface area is 134 Å². The van der Waals surface area contributed by atoms with E-state index >= 15 is 0 Å². The summed E-state index contributed by atoms with van der Waals surface area (Å²) in [4.78, 5) is 27.9. The van der Waals surface area contributed by atoms with Crippen LogP contribution in [0.15, 0.2) is 12.1 Å². The number of hydrogen-bond acceptors (Lipinski definition) is 5. The fourth-order valence-electron chi connectivity index (χ4n) is 2.62. The van der Waals surface area contributed by atoms with Gasteiger partial charge in [-0.25, -0.2) is 0 Å². The lowest BCUT2D eigenvalue weighted by atomic mass is 10.1. The number of hydrogen-bond donors (Lipinski definition) is 3. The summed E-state index contributed by atoms with van der Waals surface area (Å²) in [6.45, 7) is 5.63. The first-order chi connectivity index (χ1) is 10.8. The number of amides is 2. The molecule has 3 N–H and O–H groups in total. The lowest BCUT2D eigenvalue weighted by Crippen LogP contribution is -2.38. The summed E-state index contributed by atoms with van der Waals surface area (Å²) in [5.41, 5.74) is 0.0986. The summed E-state index contributed by atoms with van der Waals surface area (Å²) in [6.07, 6.45) is 0.667. The molecule has 0 spiro atoms. The van der Waals surface area contributed by atoms with E-state index in [1.807, 2.05) is 13.8 Å². The Balaban J connectivity index is 2.11. The zero-order valence-corrected chi connectivity index (χ0v) is 13.3. The number of aromatic hydroxyl groups is 3. The minimum absolute atomic E-state index is 0.0687. The topological polar surface area (TPSA) is 101 Å². The molecule has 0 radical (unpaired) electrons. The number of carbonyl (C=O) groups excluding carboxylic acids is 2. The van der Waals surface area contributed by atoms with Gasteiger partial charge in [-0.05, 0) is 18.6 Å². The Morgan fingerprint density at radius 2 is 1.48 bits per heavy atom. The van der Waals surface area contributed by atoms with E-state index in [9.17, 15) is 24.9 Å². The van der Waals surface area contributed by atoms with Crippen LogP contribution in [-0.2, 0) is 4.79 Å². The summed E-state index contributed by atoms with van der Waals surface area (Å²) >= 11 is 0. The lowest BCUT2D eigenvalue weighted by molar-refractivity contribution is -0.134. The minimum Gasteiger partial charge on any atom is -0.504 e. The third kappa shape index (κ3) is 3.67. The van der Waals surface area contributed by atoms with Gasteiger partial charge in [-0.1, -0.05) is 13.8 Å². The van der Waals surface area contributed by atoms with Crippen LogP contribution in [0.2, 0.25) is 0 Å². The van der Waals surface area contributed by atoms with E-state index < -0.39 is 17.2 Å². The maximum absolute atomic E-state index is 12.5. The summed E-state index contributed by atoms with van der Waals surface area (Å²) in [5, 5.41) is 28.4. The van der Waals surface area contributed by atoms with E-state index in [0.717, 1.165) is 12.1 Å². The predicted molar refractivity (Wildman–Crippen MR) is 83.4 cm³/mol. The van der Waals surface area contributed by atoms with Crippen molar-refractivity contribution < 1.29 is 24.9 Å². The molecule has 7 nitrogen and oxygen atoms in total. The van der Waals surface area contributed by atoms with Crippen molar-refractivity contribution in [2.75, 3.05) is 26.2 Å². The number of phenolic OH excluding ortho intramolecular Hbond substituents is 3. The molecule has 1 fully saturated rings. The quantitative estimate of drug-likeness (QED) is 0.709. The van der Waals surface area contributed by atoms with Crippen LogP contribution in [0.5, 0.6) is 17.2 Å². The lowest BCUT2D eigenvalue weighted by Gasteiger charge is -2.23. The highest BCUT2D eigenvalue weighted by Gasteiger charge is 2.25. The van der Waals surface area contributed by atoms with Crippen LogP contribution in [0, 0.1) is 5.92 Å². The molecule has 2 rings (SSSR count). The van der Waals surface area contributed by atoms with Crippen LogP contribution in [0.25, 0.3) is 0 Å². The molecule has 0 saturated carbocycles. The number of phenols is 3. The number of nitrogens with zero attached hydrogens (tertiary/aromatic N) is 2. The van der Waals surface area contributed by atoms with Gasteiger partial charge in [0.05, 0.1) is 0 Å². The molecule has 2 amide bonds. The zero-order chi connectivity index (χ0) is 17.1. The summed E-state index contributed by atoms with van der Waals surface area (Å²) in [6, 6.07) is 2.25. The van der Waals surface area contributed by atoms with Crippen molar-refractivity contribution in [1.29, 1.82) is 0 Å². The van der Waals surface area contributed by atoms with Gasteiger partial charge in [-0.3, -0.25) is 9.59 Å². The van der Waals surface area contributed by atoms with Gasteiger partial charge in [-0.2, -0.15) is 0 Å². The molecule has 1 aromatic rings. The van der Waals surface area contributed by atoms with Gasteiger partial charge in [0.25, 0.3) is 5.91 Å². The molecule has 0 unspecified atom stereocenters. The Morgan fingerprint density at radius 1 is 0.957 bits per heavy atom. The van der Waals surface area contributed by atoms with Gasteiger partial charge in [0.1, 0.15) is 0 Å². The van der Waals surface area contributed by atoms with E-state index in [1.165, 1.54) is 0 Å². The van der Waals surface area contributed by atoms with Crippen LogP contribution in [0.4, 0.5) is 0 Å². The molecular formula is C16H22N2O5. The summed E-state index contributed by atoms with van der Waals surface area (Å²) < 4.78 is 0.